The number of nitrogens with one attached hydrogen (secondary N) is 7. The Bertz CT molecular complexity index is 4950. The lowest BCUT2D eigenvalue weighted by atomic mass is 9.82. The van der Waals surface area contributed by atoms with Crippen LogP contribution in [0.1, 0.15) is 295 Å². The highest BCUT2D eigenvalue weighted by atomic mass is 32.1. The Morgan fingerprint density at radius 2 is 0.472 bits per heavy atom. The maximum Gasteiger partial charge on any atom is 0.204 e. The zero-order valence-electron chi connectivity index (χ0n) is 83.0. The van der Waals surface area contributed by atoms with Crippen LogP contribution in [0.3, 0.4) is 0 Å². The second-order valence-corrected chi connectivity index (χ2v) is 43.3. The fourth-order valence-electron chi connectivity index (χ4n) is 14.6. The first kappa shape index (κ1) is 118. The van der Waals surface area contributed by atoms with Gasteiger partial charge in [0, 0.05) is 98.9 Å². The molecule has 0 saturated carbocycles. The maximum absolute atomic E-state index is 11.9. The summed E-state index contributed by atoms with van der Waals surface area (Å²) in [5, 5.41) is 22.8. The average molecular weight is 1860 g/mol. The minimum atomic E-state index is -0.129. The van der Waals surface area contributed by atoms with E-state index in [0.717, 1.165) is 260 Å². The summed E-state index contributed by atoms with van der Waals surface area (Å²) in [6.45, 7) is 66.0. The van der Waals surface area contributed by atoms with Crippen molar-refractivity contribution in [3.8, 4) is 0 Å². The van der Waals surface area contributed by atoms with E-state index < -0.39 is 0 Å². The highest BCUT2D eigenvalue weighted by Gasteiger charge is 2.35. The van der Waals surface area contributed by atoms with Crippen LogP contribution in [-0.4, -0.2) is 175 Å². The molecule has 0 spiro atoms. The molecule has 7 aromatic carbocycles. The van der Waals surface area contributed by atoms with Gasteiger partial charge in [0.15, 0.2) is 0 Å². The summed E-state index contributed by atoms with van der Waals surface area (Å²) in [6, 6.07) is 0. The van der Waals surface area contributed by atoms with Crippen LogP contribution in [0.15, 0.2) is 33.6 Å². The van der Waals surface area contributed by atoms with Crippen molar-refractivity contribution in [3.63, 3.8) is 0 Å². The Hall–Kier alpha value is -5.18. The zero-order chi connectivity index (χ0) is 96.4. The normalized spacial score (nSPS) is 12.2. The minimum absolute atomic E-state index is 0.0313. The Kier molecular flexibility index (Phi) is 51.5. The van der Waals surface area contributed by atoms with Gasteiger partial charge in [0.1, 0.15) is 31.6 Å². The van der Waals surface area contributed by atoms with Crippen LogP contribution >= 0.6 is 85.5 Å². The smallest absolute Gasteiger partial charge is 0.204 e. The van der Waals surface area contributed by atoms with Crippen molar-refractivity contribution in [2.24, 2.45) is 11.5 Å². The van der Waals surface area contributed by atoms with E-state index in [-0.39, 0.29) is 75.9 Å². The third kappa shape index (κ3) is 36.5. The highest BCUT2D eigenvalue weighted by molar-refractivity contribution is 7.72. The minimum Gasteiger partial charge on any atom is -0.383 e. The summed E-state index contributed by atoms with van der Waals surface area (Å²) in [5.74, 6) is 0. The Morgan fingerprint density at radius 3 is 0.712 bits per heavy atom. The van der Waals surface area contributed by atoms with Gasteiger partial charge in [-0.05, 0) is 228 Å². The molecule has 28 heteroatoms. The van der Waals surface area contributed by atoms with Crippen molar-refractivity contribution in [1.29, 1.82) is 0 Å². The van der Waals surface area contributed by atoms with Crippen molar-refractivity contribution >= 4 is 125 Å². The predicted octanol–water partition coefficient (Wildman–Crippen LogP) is 18.3. The molecule has 0 aromatic heterocycles. The third-order valence-corrected chi connectivity index (χ3v) is 24.5. The van der Waals surface area contributed by atoms with E-state index in [9.17, 15) is 33.6 Å². The predicted molar refractivity (Wildman–Crippen MR) is 561 cm³/mol. The molecule has 0 saturated heterocycles. The van der Waals surface area contributed by atoms with Gasteiger partial charge < -0.3 is 73.2 Å². The van der Waals surface area contributed by atoms with Crippen molar-refractivity contribution in [2.45, 2.75) is 294 Å². The number of hydrogen-bond donors (Lipinski definition) is 9. The molecule has 0 fully saturated rings. The van der Waals surface area contributed by atoms with Gasteiger partial charge in [-0.3, -0.25) is 33.6 Å². The van der Waals surface area contributed by atoms with Crippen molar-refractivity contribution in [2.75, 3.05) is 197 Å². The lowest BCUT2D eigenvalue weighted by Crippen LogP contribution is -2.35. The molecule has 7 rings (SSSR count). The molecule has 0 aliphatic carbocycles. The molecule has 0 amide bonds. The fourth-order valence-corrected chi connectivity index (χ4v) is 16.7. The van der Waals surface area contributed by atoms with Gasteiger partial charge in [-0.1, -0.05) is 252 Å². The molecule has 0 heterocycles. The highest BCUT2D eigenvalue weighted by Crippen LogP contribution is 2.37. The number of nitrogens with zero attached hydrogens (tertiary/aromatic N) is 5. The molecule has 7 aromatic rings. The van der Waals surface area contributed by atoms with Gasteiger partial charge in [-0.25, -0.2) is 0 Å². The van der Waals surface area contributed by atoms with Gasteiger partial charge in [0.25, 0.3) is 0 Å². The lowest BCUT2D eigenvalue weighted by molar-refractivity contribution is 0.298. The SMILES string of the molecule is CC(C)(C)c1c(NCCCCN)c(=S)c1=O.CCN(C)CCCCNc1c(C(C)(C)C)c(=O)c1=S.CCN(CC)CCCCNc1c(C(C)(C)C)c(=O)c1=S.CN(C)CCCCNc1c(C(C)(C)C)c(=O)c1=S.CN(CCCCN)c1c(C(C)(C)C)c(=O)c1=S.CNCCCCN(C)c1c(C(C)(C)C)c(=O)c1=S.CNCCCCNc1c(C(C)(C)C)c(=O)c1=S. The van der Waals surface area contributed by atoms with E-state index in [0.29, 0.717) is 44.7 Å². The largest absolute Gasteiger partial charge is 0.383 e. The number of nitrogens with two attached hydrogens (primary N) is 2. The van der Waals surface area contributed by atoms with Crippen molar-refractivity contribution in [1.82, 2.24) is 25.3 Å². The molecular formula is C97H166N14O7S7. The van der Waals surface area contributed by atoms with Crippen LogP contribution in [0, 0.1) is 31.6 Å². The van der Waals surface area contributed by atoms with Crippen molar-refractivity contribution in [3.05, 3.63) is 142 Å². The second kappa shape index (κ2) is 54.6. The molecule has 0 aliphatic rings. The molecule has 0 bridgehead atoms. The Morgan fingerprint density at radius 1 is 0.264 bits per heavy atom. The topological polar surface area (TPSA) is 272 Å². The van der Waals surface area contributed by atoms with Crippen LogP contribution in [0.25, 0.3) is 0 Å². The summed E-state index contributed by atoms with van der Waals surface area (Å²) in [4.78, 5) is 93.5. The first-order valence-electron chi connectivity index (χ1n) is 45.5. The van der Waals surface area contributed by atoms with Crippen LogP contribution in [0.2, 0.25) is 0 Å². The molecule has 0 radical (unpaired) electrons. The number of unbranched alkanes of at least 4 members (excludes halogenated alkanes) is 7. The fraction of sp³-hybridized carbons (Fsp3) is 0.711. The lowest BCUT2D eigenvalue weighted by Gasteiger charge is -2.30. The van der Waals surface area contributed by atoms with Crippen molar-refractivity contribution < 1.29 is 0 Å². The third-order valence-electron chi connectivity index (χ3n) is 21.8. The van der Waals surface area contributed by atoms with Gasteiger partial charge in [-0.15, -0.1) is 0 Å². The van der Waals surface area contributed by atoms with E-state index in [2.05, 4.69) is 207 Å². The summed E-state index contributed by atoms with van der Waals surface area (Å²) in [7, 11) is 14.2. The van der Waals surface area contributed by atoms with Crippen LogP contribution in [0.4, 0.5) is 39.8 Å². The molecule has 0 unspecified atom stereocenters. The molecular weight excluding hydrogens is 1700 g/mol. The molecule has 0 atom stereocenters. The summed E-state index contributed by atoms with van der Waals surface area (Å²) < 4.78 is 3.38. The monoisotopic (exact) mass is 1860 g/mol. The second-order valence-electron chi connectivity index (χ2n) is 40.5. The number of rotatable bonds is 43. The van der Waals surface area contributed by atoms with Crippen LogP contribution in [-0.2, 0) is 37.9 Å². The summed E-state index contributed by atoms with van der Waals surface area (Å²) >= 11 is 35.9. The molecule has 0 aliphatic heterocycles. The van der Waals surface area contributed by atoms with Gasteiger partial charge in [-0.2, -0.15) is 0 Å². The van der Waals surface area contributed by atoms with E-state index >= 15 is 0 Å². The van der Waals surface area contributed by atoms with E-state index in [1.165, 1.54) is 6.42 Å². The van der Waals surface area contributed by atoms with Gasteiger partial charge >= 0.3 is 0 Å². The number of hydrogen-bond acceptors (Lipinski definition) is 28. The maximum atomic E-state index is 11.9. The molecule has 11 N–H and O–H groups in total. The molecule has 21 nitrogen and oxygen atoms in total. The number of anilines is 7. The van der Waals surface area contributed by atoms with E-state index in [1.54, 1.807) is 0 Å². The Labute approximate surface area is 789 Å². The first-order chi connectivity index (χ1) is 57.7. The van der Waals surface area contributed by atoms with Gasteiger partial charge in [0.05, 0.1) is 39.8 Å². The molecule has 125 heavy (non-hydrogen) atoms. The van der Waals surface area contributed by atoms with E-state index in [1.807, 2.05) is 69.7 Å². The summed E-state index contributed by atoms with van der Waals surface area (Å²) in [5.41, 5.74) is 22.9. The van der Waals surface area contributed by atoms with Crippen LogP contribution < -0.4 is 96.5 Å². The molecule has 708 valence electrons. The van der Waals surface area contributed by atoms with Crippen LogP contribution in [0.5, 0.6) is 0 Å². The average Bonchev–Trinajstić information content (AvgIpc) is 0.938. The summed E-state index contributed by atoms with van der Waals surface area (Å²) in [6.07, 6.45) is 15.3. The zero-order valence-corrected chi connectivity index (χ0v) is 88.7. The van der Waals surface area contributed by atoms with E-state index in [4.69, 9.17) is 97.0 Å². The quantitative estimate of drug-likeness (QED) is 0.0127. The Balaban J connectivity index is 0.000000730. The van der Waals surface area contributed by atoms with Gasteiger partial charge in [0.2, 0.25) is 38.0 Å². The standard InChI is InChI=1S/C16H28N2OS.C15H26N2OS.2C14H24N2OS.2C13H22N2OS.C12H20N2OS/c1-6-18(7-2)11-9-8-10-17-13-12(16(3,4)5)14(19)15(13)20;1-6-17(5)10-8-7-9-16-12-11(15(2,3)4)13(18)14(12)19;1-14(2,3)10-11(13(18)12(10)17)15-8-6-7-9-16(4)5;1-14(2,3)10-11(13(18)12(10)17)16(5)9-7-6-8-15-4;1-13(2,3)9-10(12(17)11(9)16)15(4)8-6-5-7-14;1-13(2,3)9-10(12(17)11(9)16)15-8-6-5-7-14-4;1-12(2,3)8-9(11(16)10(8)15)14-7-5-4-6-13/h17H,6-11H2,1-5H3;16H,6-10H2,1-5H3;2*15H,6-9H2,1-5H3;5-8,14H2,1-4H3;14-15H,5-8H2,1-4H3;14H,4-7,13H2,1-3H3. The first-order valence-corrected chi connectivity index (χ1v) is 48.3.